The van der Waals surface area contributed by atoms with Crippen molar-refractivity contribution in [3.63, 3.8) is 0 Å². The van der Waals surface area contributed by atoms with Crippen molar-refractivity contribution >= 4 is 18.3 Å². The maximum atomic E-state index is 11.4. The summed E-state index contributed by atoms with van der Waals surface area (Å²) in [4.78, 5) is 11.4. The number of amides is 1. The van der Waals surface area contributed by atoms with Gasteiger partial charge in [-0.25, -0.2) is 0 Å². The monoisotopic (exact) mass is 318 g/mol. The van der Waals surface area contributed by atoms with E-state index >= 15 is 0 Å². The standard InChI is InChI=1S/C14H22N2O4.ClH/c1-18-11-8-12(19-2)10-13(9-11)20-7-6-16-14(17)4-3-5-15;/h8-10H,3-7,15H2,1-2H3,(H,16,17);1H. The van der Waals surface area contributed by atoms with E-state index in [1.165, 1.54) is 0 Å². The fraction of sp³-hybridized carbons (Fsp3) is 0.500. The molecule has 1 aromatic carbocycles. The Morgan fingerprint density at radius 3 is 2.24 bits per heavy atom. The number of hydrogen-bond acceptors (Lipinski definition) is 5. The van der Waals surface area contributed by atoms with Gasteiger partial charge in [0.25, 0.3) is 0 Å². The van der Waals surface area contributed by atoms with E-state index in [0.717, 1.165) is 0 Å². The molecule has 0 saturated carbocycles. The summed E-state index contributed by atoms with van der Waals surface area (Å²) in [5, 5.41) is 2.76. The zero-order valence-electron chi connectivity index (χ0n) is 12.4. The van der Waals surface area contributed by atoms with E-state index < -0.39 is 0 Å². The molecule has 3 N–H and O–H groups in total. The minimum atomic E-state index is -0.0118. The third-order valence-electron chi connectivity index (χ3n) is 2.63. The molecule has 1 amide bonds. The Hall–Kier alpha value is -1.66. The van der Waals surface area contributed by atoms with Crippen LogP contribution in [0, 0.1) is 0 Å². The topological polar surface area (TPSA) is 82.8 Å². The van der Waals surface area contributed by atoms with Gasteiger partial charge in [-0.3, -0.25) is 4.79 Å². The molecule has 7 heteroatoms. The van der Waals surface area contributed by atoms with Gasteiger partial charge in [0.2, 0.25) is 5.91 Å². The van der Waals surface area contributed by atoms with Gasteiger partial charge in [-0.05, 0) is 13.0 Å². The number of methoxy groups -OCH3 is 2. The van der Waals surface area contributed by atoms with E-state index in [4.69, 9.17) is 19.9 Å². The van der Waals surface area contributed by atoms with Crippen LogP contribution in [0.3, 0.4) is 0 Å². The highest BCUT2D eigenvalue weighted by molar-refractivity contribution is 5.85. The van der Waals surface area contributed by atoms with Gasteiger partial charge in [-0.15, -0.1) is 12.4 Å². The lowest BCUT2D eigenvalue weighted by molar-refractivity contribution is -0.121. The maximum Gasteiger partial charge on any atom is 0.220 e. The Balaban J connectivity index is 0.00000400. The van der Waals surface area contributed by atoms with E-state index in [1.807, 2.05) is 0 Å². The van der Waals surface area contributed by atoms with E-state index in [9.17, 15) is 4.79 Å². The predicted molar refractivity (Wildman–Crippen MR) is 83.6 cm³/mol. The molecule has 0 aliphatic heterocycles. The van der Waals surface area contributed by atoms with Crippen molar-refractivity contribution in [1.82, 2.24) is 5.32 Å². The highest BCUT2D eigenvalue weighted by atomic mass is 35.5. The van der Waals surface area contributed by atoms with Gasteiger partial charge in [0.05, 0.1) is 20.8 Å². The molecule has 0 aliphatic carbocycles. The highest BCUT2D eigenvalue weighted by Gasteiger charge is 2.03. The van der Waals surface area contributed by atoms with Gasteiger partial charge in [0, 0.05) is 24.6 Å². The summed E-state index contributed by atoms with van der Waals surface area (Å²) >= 11 is 0. The minimum absolute atomic E-state index is 0. The first-order valence-electron chi connectivity index (χ1n) is 6.52. The zero-order chi connectivity index (χ0) is 14.8. The molecule has 1 rings (SSSR count). The van der Waals surface area contributed by atoms with Crippen LogP contribution in [0.25, 0.3) is 0 Å². The Kier molecular flexibility index (Phi) is 10.2. The van der Waals surface area contributed by atoms with Gasteiger partial charge in [-0.2, -0.15) is 0 Å². The van der Waals surface area contributed by atoms with Crippen LogP contribution >= 0.6 is 12.4 Å². The second-order valence-electron chi connectivity index (χ2n) is 4.14. The van der Waals surface area contributed by atoms with Crippen LogP contribution in [-0.4, -0.2) is 39.8 Å². The number of nitrogens with two attached hydrogens (primary N) is 1. The average molecular weight is 319 g/mol. The van der Waals surface area contributed by atoms with Gasteiger partial charge >= 0.3 is 0 Å². The first-order chi connectivity index (χ1) is 9.69. The van der Waals surface area contributed by atoms with E-state index in [2.05, 4.69) is 5.32 Å². The van der Waals surface area contributed by atoms with E-state index in [0.29, 0.717) is 49.8 Å². The van der Waals surface area contributed by atoms with Crippen LogP contribution in [0.15, 0.2) is 18.2 Å². The summed E-state index contributed by atoms with van der Waals surface area (Å²) in [5.41, 5.74) is 5.33. The average Bonchev–Trinajstić information content (AvgIpc) is 2.49. The SMILES string of the molecule is COc1cc(OC)cc(OCCNC(=O)CCCN)c1.Cl. The Morgan fingerprint density at radius 2 is 1.71 bits per heavy atom. The van der Waals surface area contributed by atoms with Crippen LogP contribution in [-0.2, 0) is 4.79 Å². The molecule has 0 saturated heterocycles. The lowest BCUT2D eigenvalue weighted by Crippen LogP contribution is -2.28. The predicted octanol–water partition coefficient (Wildman–Crippen LogP) is 1.36. The molecule has 0 heterocycles. The number of ether oxygens (including phenoxy) is 3. The van der Waals surface area contributed by atoms with Crippen molar-refractivity contribution in [3.8, 4) is 17.2 Å². The number of halogens is 1. The Morgan fingerprint density at radius 1 is 1.14 bits per heavy atom. The molecule has 0 bridgehead atoms. The van der Waals surface area contributed by atoms with Crippen molar-refractivity contribution in [2.24, 2.45) is 5.73 Å². The van der Waals surface area contributed by atoms with Gasteiger partial charge in [-0.1, -0.05) is 0 Å². The van der Waals surface area contributed by atoms with Crippen molar-refractivity contribution in [2.75, 3.05) is 33.9 Å². The molecular weight excluding hydrogens is 296 g/mol. The molecule has 0 aromatic heterocycles. The number of benzene rings is 1. The lowest BCUT2D eigenvalue weighted by Gasteiger charge is -2.10. The highest BCUT2D eigenvalue weighted by Crippen LogP contribution is 2.27. The number of hydrogen-bond donors (Lipinski definition) is 2. The molecule has 120 valence electrons. The fourth-order valence-corrected chi connectivity index (χ4v) is 1.58. The molecule has 0 unspecified atom stereocenters. The van der Waals surface area contributed by atoms with Crippen molar-refractivity contribution in [3.05, 3.63) is 18.2 Å². The Labute approximate surface area is 131 Å². The first kappa shape index (κ1) is 19.3. The summed E-state index contributed by atoms with van der Waals surface area (Å²) < 4.78 is 15.8. The molecule has 0 fully saturated rings. The molecule has 6 nitrogen and oxygen atoms in total. The van der Waals surface area contributed by atoms with Crippen LogP contribution in [0.1, 0.15) is 12.8 Å². The number of carbonyl (C=O) groups is 1. The summed E-state index contributed by atoms with van der Waals surface area (Å²) in [5.74, 6) is 1.94. The van der Waals surface area contributed by atoms with Crippen LogP contribution in [0.4, 0.5) is 0 Å². The fourth-order valence-electron chi connectivity index (χ4n) is 1.58. The second-order valence-corrected chi connectivity index (χ2v) is 4.14. The third-order valence-corrected chi connectivity index (χ3v) is 2.63. The van der Waals surface area contributed by atoms with E-state index in [-0.39, 0.29) is 18.3 Å². The quantitative estimate of drug-likeness (QED) is 0.672. The minimum Gasteiger partial charge on any atom is -0.496 e. The molecule has 0 radical (unpaired) electrons. The van der Waals surface area contributed by atoms with Gasteiger partial charge < -0.3 is 25.3 Å². The largest absolute Gasteiger partial charge is 0.496 e. The normalized spacial score (nSPS) is 9.48. The summed E-state index contributed by atoms with van der Waals surface area (Å²) in [6.07, 6.45) is 1.14. The van der Waals surface area contributed by atoms with Crippen molar-refractivity contribution in [2.45, 2.75) is 12.8 Å². The number of nitrogens with one attached hydrogen (secondary N) is 1. The Bertz CT molecular complexity index is 407. The summed E-state index contributed by atoms with van der Waals surface area (Å²) in [7, 11) is 3.16. The van der Waals surface area contributed by atoms with Crippen LogP contribution in [0.2, 0.25) is 0 Å². The maximum absolute atomic E-state index is 11.4. The number of rotatable bonds is 9. The third kappa shape index (κ3) is 7.63. The number of carbonyl (C=O) groups excluding carboxylic acids is 1. The molecule has 21 heavy (non-hydrogen) atoms. The second kappa shape index (κ2) is 11.0. The van der Waals surface area contributed by atoms with Gasteiger partial charge in [0.1, 0.15) is 23.9 Å². The summed E-state index contributed by atoms with van der Waals surface area (Å²) in [6, 6.07) is 5.29. The molecule has 1 aromatic rings. The van der Waals surface area contributed by atoms with Gasteiger partial charge in [0.15, 0.2) is 0 Å². The first-order valence-corrected chi connectivity index (χ1v) is 6.52. The van der Waals surface area contributed by atoms with Crippen LogP contribution < -0.4 is 25.3 Å². The van der Waals surface area contributed by atoms with E-state index in [1.54, 1.807) is 32.4 Å². The molecular formula is C14H23ClN2O4. The molecule has 0 atom stereocenters. The van der Waals surface area contributed by atoms with Crippen LogP contribution in [0.5, 0.6) is 17.2 Å². The van der Waals surface area contributed by atoms with Crippen molar-refractivity contribution < 1.29 is 19.0 Å². The lowest BCUT2D eigenvalue weighted by atomic mass is 10.3. The molecule has 0 aliphatic rings. The smallest absolute Gasteiger partial charge is 0.220 e. The zero-order valence-corrected chi connectivity index (χ0v) is 13.2. The van der Waals surface area contributed by atoms with Crippen molar-refractivity contribution in [1.29, 1.82) is 0 Å². The summed E-state index contributed by atoms with van der Waals surface area (Å²) in [6.45, 7) is 1.35. The molecule has 0 spiro atoms.